The predicted molar refractivity (Wildman–Crippen MR) is 88.4 cm³/mol. The van der Waals surface area contributed by atoms with Crippen molar-refractivity contribution in [3.05, 3.63) is 62.0 Å². The van der Waals surface area contributed by atoms with E-state index in [9.17, 15) is 14.9 Å². The fourth-order valence-corrected chi connectivity index (χ4v) is 2.87. The number of nitrogens with one attached hydrogen (secondary N) is 1. The highest BCUT2D eigenvalue weighted by molar-refractivity contribution is 5.91. The molecule has 0 fully saturated rings. The third-order valence-corrected chi connectivity index (χ3v) is 3.95. The van der Waals surface area contributed by atoms with Crippen molar-refractivity contribution in [1.82, 2.24) is 0 Å². The number of nitro benzene ring substituents is 1. The van der Waals surface area contributed by atoms with Crippen molar-refractivity contribution in [3.8, 4) is 11.5 Å². The van der Waals surface area contributed by atoms with Gasteiger partial charge < -0.3 is 14.5 Å². The molecule has 1 aliphatic heterocycles. The maximum Gasteiger partial charge on any atom is 0.336 e. The van der Waals surface area contributed by atoms with Crippen LogP contribution in [0.15, 0.2) is 39.5 Å². The Balaban J connectivity index is 1.94. The van der Waals surface area contributed by atoms with E-state index >= 15 is 0 Å². The van der Waals surface area contributed by atoms with Crippen molar-refractivity contribution in [2.45, 2.75) is 13.8 Å². The molecule has 24 heavy (non-hydrogen) atoms. The Labute approximate surface area is 135 Å². The van der Waals surface area contributed by atoms with Crippen LogP contribution in [0.25, 0.3) is 11.0 Å². The van der Waals surface area contributed by atoms with Crippen LogP contribution in [-0.4, -0.2) is 4.92 Å². The average Bonchev–Trinajstić information content (AvgIpc) is 2.50. The van der Waals surface area contributed by atoms with Gasteiger partial charge in [0, 0.05) is 23.6 Å². The summed E-state index contributed by atoms with van der Waals surface area (Å²) < 4.78 is 11.0. The number of nitro groups is 1. The molecule has 4 rings (SSSR count). The Morgan fingerprint density at radius 3 is 2.62 bits per heavy atom. The van der Waals surface area contributed by atoms with E-state index in [0.717, 1.165) is 10.9 Å². The third-order valence-electron chi connectivity index (χ3n) is 3.95. The van der Waals surface area contributed by atoms with Gasteiger partial charge in [0.25, 0.3) is 5.69 Å². The monoisotopic (exact) mass is 324 g/mol. The van der Waals surface area contributed by atoms with Gasteiger partial charge in [0.05, 0.1) is 10.6 Å². The second-order valence-corrected chi connectivity index (χ2v) is 5.73. The quantitative estimate of drug-likeness (QED) is 0.321. The van der Waals surface area contributed by atoms with Gasteiger partial charge in [-0.3, -0.25) is 10.1 Å². The molecule has 0 amide bonds. The van der Waals surface area contributed by atoms with Gasteiger partial charge in [0.2, 0.25) is 0 Å². The number of rotatable bonds is 1. The van der Waals surface area contributed by atoms with Gasteiger partial charge in [0.1, 0.15) is 5.58 Å². The molecule has 0 spiro atoms. The number of aryl methyl sites for hydroxylation is 2. The van der Waals surface area contributed by atoms with E-state index in [-0.39, 0.29) is 5.69 Å². The minimum Gasteiger partial charge on any atom is -0.453 e. The van der Waals surface area contributed by atoms with Crippen molar-refractivity contribution < 1.29 is 14.1 Å². The Bertz CT molecular complexity index is 1080. The molecular weight excluding hydrogens is 312 g/mol. The zero-order valence-corrected chi connectivity index (χ0v) is 12.9. The van der Waals surface area contributed by atoms with Crippen molar-refractivity contribution in [1.29, 1.82) is 0 Å². The van der Waals surface area contributed by atoms with E-state index < -0.39 is 10.5 Å². The molecule has 0 radical (unpaired) electrons. The first-order valence-corrected chi connectivity index (χ1v) is 7.25. The van der Waals surface area contributed by atoms with Crippen LogP contribution >= 0.6 is 0 Å². The van der Waals surface area contributed by atoms with Gasteiger partial charge in [0.15, 0.2) is 17.2 Å². The van der Waals surface area contributed by atoms with E-state index in [0.29, 0.717) is 34.0 Å². The molecule has 1 aliphatic rings. The van der Waals surface area contributed by atoms with E-state index in [4.69, 9.17) is 9.15 Å². The lowest BCUT2D eigenvalue weighted by Crippen LogP contribution is -2.07. The van der Waals surface area contributed by atoms with E-state index in [1.54, 1.807) is 32.0 Å². The van der Waals surface area contributed by atoms with Gasteiger partial charge in [-0.05, 0) is 37.1 Å². The van der Waals surface area contributed by atoms with Crippen molar-refractivity contribution in [2.75, 3.05) is 5.32 Å². The van der Waals surface area contributed by atoms with E-state index in [1.165, 1.54) is 12.1 Å². The lowest BCUT2D eigenvalue weighted by molar-refractivity contribution is -0.384. The molecule has 0 saturated carbocycles. The molecule has 7 heteroatoms. The molecule has 120 valence electrons. The Hall–Kier alpha value is -3.35. The van der Waals surface area contributed by atoms with Gasteiger partial charge in [-0.2, -0.15) is 0 Å². The van der Waals surface area contributed by atoms with Crippen LogP contribution in [-0.2, 0) is 0 Å². The van der Waals surface area contributed by atoms with Crippen LogP contribution in [0, 0.1) is 24.0 Å². The summed E-state index contributed by atoms with van der Waals surface area (Å²) in [5.41, 5.74) is 2.30. The van der Waals surface area contributed by atoms with E-state index in [1.807, 2.05) is 0 Å². The molecule has 0 saturated heterocycles. The Morgan fingerprint density at radius 1 is 1.08 bits per heavy atom. The number of hydrogen-bond donors (Lipinski definition) is 1. The number of nitrogens with zero attached hydrogens (tertiary/aromatic N) is 1. The first-order chi connectivity index (χ1) is 11.4. The van der Waals surface area contributed by atoms with Crippen molar-refractivity contribution in [3.63, 3.8) is 0 Å². The SMILES string of the molecule is Cc1cc2c(c([N+](=O)[O-])c1)Nc1cc3c(C)cc(=O)oc3cc1O2. The molecule has 2 aromatic carbocycles. The highest BCUT2D eigenvalue weighted by Gasteiger charge is 2.26. The highest BCUT2D eigenvalue weighted by Crippen LogP contribution is 2.48. The van der Waals surface area contributed by atoms with Gasteiger partial charge in [-0.15, -0.1) is 0 Å². The molecule has 3 aromatic rings. The van der Waals surface area contributed by atoms with Crippen LogP contribution in [0.5, 0.6) is 11.5 Å². The minimum absolute atomic E-state index is 0.0490. The second kappa shape index (κ2) is 4.82. The molecule has 0 atom stereocenters. The zero-order valence-electron chi connectivity index (χ0n) is 12.9. The van der Waals surface area contributed by atoms with Gasteiger partial charge in [-0.1, -0.05) is 0 Å². The highest BCUT2D eigenvalue weighted by atomic mass is 16.6. The molecule has 0 bridgehead atoms. The summed E-state index contributed by atoms with van der Waals surface area (Å²) in [5.74, 6) is 0.812. The lowest BCUT2D eigenvalue weighted by Gasteiger charge is -2.22. The predicted octanol–water partition coefficient (Wildman–Crippen LogP) is 4.17. The largest absolute Gasteiger partial charge is 0.453 e. The smallest absolute Gasteiger partial charge is 0.336 e. The van der Waals surface area contributed by atoms with E-state index in [2.05, 4.69) is 5.32 Å². The molecule has 1 N–H and O–H groups in total. The number of benzene rings is 2. The molecule has 0 unspecified atom stereocenters. The lowest BCUT2D eigenvalue weighted by atomic mass is 10.1. The maximum atomic E-state index is 11.5. The third kappa shape index (κ3) is 2.10. The topological polar surface area (TPSA) is 94.6 Å². The van der Waals surface area contributed by atoms with Crippen LogP contribution in [0.1, 0.15) is 11.1 Å². The summed E-state index contributed by atoms with van der Waals surface area (Å²) in [6.07, 6.45) is 0. The Kier molecular flexibility index (Phi) is 2.86. The zero-order chi connectivity index (χ0) is 17.0. The van der Waals surface area contributed by atoms with Crippen LogP contribution in [0.3, 0.4) is 0 Å². The number of anilines is 2. The summed E-state index contributed by atoms with van der Waals surface area (Å²) >= 11 is 0. The van der Waals surface area contributed by atoms with Crippen LogP contribution < -0.4 is 15.7 Å². The van der Waals surface area contributed by atoms with Crippen LogP contribution in [0.2, 0.25) is 0 Å². The second-order valence-electron chi connectivity index (χ2n) is 5.73. The number of fused-ring (bicyclic) bond motifs is 3. The number of hydrogen-bond acceptors (Lipinski definition) is 6. The standard InChI is InChI=1S/C17H12N2O5/c1-8-3-12(19(21)22)17-15(4-8)23-14-7-13-10(6-11(14)18-17)9(2)5-16(20)24-13/h3-7,18H,1-2H3. The molecular formula is C17H12N2O5. The molecule has 7 nitrogen and oxygen atoms in total. The molecule has 1 aromatic heterocycles. The Morgan fingerprint density at radius 2 is 1.88 bits per heavy atom. The fraction of sp³-hybridized carbons (Fsp3) is 0.118. The summed E-state index contributed by atoms with van der Waals surface area (Å²) in [5, 5.41) is 15.1. The average molecular weight is 324 g/mol. The normalized spacial score (nSPS) is 12.1. The summed E-state index contributed by atoms with van der Waals surface area (Å²) in [4.78, 5) is 22.4. The fourth-order valence-electron chi connectivity index (χ4n) is 2.87. The maximum absolute atomic E-state index is 11.5. The number of ether oxygens (including phenoxy) is 1. The van der Waals surface area contributed by atoms with Gasteiger partial charge in [-0.25, -0.2) is 4.79 Å². The van der Waals surface area contributed by atoms with Crippen molar-refractivity contribution >= 4 is 28.0 Å². The first-order valence-electron chi connectivity index (χ1n) is 7.25. The summed E-state index contributed by atoms with van der Waals surface area (Å²) in [6.45, 7) is 3.56. The van der Waals surface area contributed by atoms with Crippen molar-refractivity contribution in [2.24, 2.45) is 0 Å². The van der Waals surface area contributed by atoms with Crippen LogP contribution in [0.4, 0.5) is 17.1 Å². The molecule has 0 aliphatic carbocycles. The minimum atomic E-state index is -0.446. The summed E-state index contributed by atoms with van der Waals surface area (Å²) in [6, 6.07) is 7.98. The summed E-state index contributed by atoms with van der Waals surface area (Å²) in [7, 11) is 0. The molecule has 2 heterocycles. The first kappa shape index (κ1) is 14.3. The van der Waals surface area contributed by atoms with Gasteiger partial charge >= 0.3 is 5.63 Å².